The van der Waals surface area contributed by atoms with Crippen molar-refractivity contribution in [3.05, 3.63) is 51.2 Å². The average Bonchev–Trinajstić information content (AvgIpc) is 3.00. The van der Waals surface area contributed by atoms with Gasteiger partial charge in [0.25, 0.3) is 0 Å². The van der Waals surface area contributed by atoms with Crippen molar-refractivity contribution in [2.24, 2.45) is 4.99 Å². The lowest BCUT2D eigenvalue weighted by atomic mass is 9.98. The largest absolute Gasteiger partial charge is 0.352 e. The van der Waals surface area contributed by atoms with Crippen LogP contribution < -0.4 is 10.6 Å². The second kappa shape index (κ2) is 7.75. The van der Waals surface area contributed by atoms with Crippen LogP contribution in [0.3, 0.4) is 0 Å². The van der Waals surface area contributed by atoms with E-state index < -0.39 is 0 Å². The minimum Gasteiger partial charge on any atom is -0.352 e. The third-order valence-corrected chi connectivity index (χ3v) is 4.85. The van der Waals surface area contributed by atoms with E-state index in [9.17, 15) is 4.39 Å². The van der Waals surface area contributed by atoms with Crippen molar-refractivity contribution in [3.63, 3.8) is 0 Å². The van der Waals surface area contributed by atoms with Crippen LogP contribution in [-0.2, 0) is 18.5 Å². The number of hydrogen-bond acceptors (Lipinski definition) is 3. The Balaban J connectivity index is 1.88. The van der Waals surface area contributed by atoms with Gasteiger partial charge < -0.3 is 10.6 Å². The number of aromatic nitrogens is 1. The Labute approximate surface area is 147 Å². The van der Waals surface area contributed by atoms with Crippen LogP contribution in [0.4, 0.5) is 4.39 Å². The van der Waals surface area contributed by atoms with Crippen LogP contribution in [0.15, 0.2) is 28.6 Å². The molecule has 2 N–H and O–H groups in total. The van der Waals surface area contributed by atoms with Crippen LogP contribution >= 0.6 is 11.3 Å². The highest BCUT2D eigenvalue weighted by Crippen LogP contribution is 2.25. The van der Waals surface area contributed by atoms with Gasteiger partial charge in [0.15, 0.2) is 5.96 Å². The number of nitrogens with one attached hydrogen (secondary N) is 2. The van der Waals surface area contributed by atoms with E-state index >= 15 is 0 Å². The lowest BCUT2D eigenvalue weighted by molar-refractivity contribution is 0.582. The van der Waals surface area contributed by atoms with Crippen LogP contribution in [0.2, 0.25) is 0 Å². The molecule has 2 aromatic rings. The fourth-order valence-corrected chi connectivity index (χ4v) is 3.04. The predicted octanol–water partition coefficient (Wildman–Crippen LogP) is 3.75. The maximum Gasteiger partial charge on any atom is 0.191 e. The molecule has 0 fully saturated rings. The molecular formula is C18H25FN4S. The van der Waals surface area contributed by atoms with Gasteiger partial charge in [-0.05, 0) is 24.1 Å². The molecule has 0 saturated carbocycles. The highest BCUT2D eigenvalue weighted by Gasteiger charge is 2.17. The molecule has 1 aromatic heterocycles. The van der Waals surface area contributed by atoms with Gasteiger partial charge in [-0.3, -0.25) is 4.99 Å². The summed E-state index contributed by atoms with van der Waals surface area (Å²) >= 11 is 1.68. The third kappa shape index (κ3) is 5.03. The van der Waals surface area contributed by atoms with Crippen molar-refractivity contribution < 1.29 is 4.39 Å². The number of guanidine groups is 1. The average molecular weight is 348 g/mol. The molecule has 0 aliphatic heterocycles. The maximum absolute atomic E-state index is 13.3. The second-order valence-electron chi connectivity index (χ2n) is 6.76. The van der Waals surface area contributed by atoms with E-state index in [1.165, 1.54) is 6.07 Å². The molecule has 0 saturated heterocycles. The predicted molar refractivity (Wildman–Crippen MR) is 99.0 cm³/mol. The SMILES string of the molecule is CN=C(NCc1ccc(F)c(C)c1)NCc1csc(C(C)(C)C)n1. The first-order valence-electron chi connectivity index (χ1n) is 7.94. The number of benzene rings is 1. The van der Waals surface area contributed by atoms with Gasteiger partial charge in [-0.2, -0.15) is 0 Å². The Morgan fingerprint density at radius 3 is 2.54 bits per heavy atom. The summed E-state index contributed by atoms with van der Waals surface area (Å²) in [5.74, 6) is 0.515. The van der Waals surface area contributed by atoms with Crippen molar-refractivity contribution >= 4 is 17.3 Å². The molecule has 6 heteroatoms. The van der Waals surface area contributed by atoms with E-state index in [-0.39, 0.29) is 11.2 Å². The summed E-state index contributed by atoms with van der Waals surface area (Å²) < 4.78 is 13.3. The van der Waals surface area contributed by atoms with Crippen molar-refractivity contribution in [1.29, 1.82) is 0 Å². The Morgan fingerprint density at radius 1 is 1.25 bits per heavy atom. The van der Waals surface area contributed by atoms with Gasteiger partial charge in [0, 0.05) is 24.4 Å². The van der Waals surface area contributed by atoms with Crippen LogP contribution in [0.5, 0.6) is 0 Å². The molecule has 1 heterocycles. The number of rotatable bonds is 4. The number of nitrogens with zero attached hydrogens (tertiary/aromatic N) is 2. The quantitative estimate of drug-likeness (QED) is 0.653. The summed E-state index contributed by atoms with van der Waals surface area (Å²) in [6, 6.07) is 5.11. The molecule has 0 unspecified atom stereocenters. The standard InChI is InChI=1S/C18H25FN4S/c1-12-8-13(6-7-15(12)19)9-21-17(20-5)22-10-14-11-24-16(23-14)18(2,3)4/h6-8,11H,9-10H2,1-5H3,(H2,20,21,22). The minimum atomic E-state index is -0.181. The Kier molecular flexibility index (Phi) is 5.94. The van der Waals surface area contributed by atoms with Gasteiger partial charge in [0.05, 0.1) is 17.2 Å². The molecule has 0 atom stereocenters. The van der Waals surface area contributed by atoms with E-state index in [2.05, 4.69) is 46.8 Å². The highest BCUT2D eigenvalue weighted by atomic mass is 32.1. The molecule has 0 bridgehead atoms. The Hall–Kier alpha value is -1.95. The van der Waals surface area contributed by atoms with Crippen molar-refractivity contribution in [3.8, 4) is 0 Å². The first kappa shape index (κ1) is 18.4. The fraction of sp³-hybridized carbons (Fsp3) is 0.444. The van der Waals surface area contributed by atoms with Crippen molar-refractivity contribution in [2.45, 2.75) is 46.2 Å². The number of aliphatic imine (C=N–C) groups is 1. The summed E-state index contributed by atoms with van der Waals surface area (Å²) in [6.45, 7) is 9.46. The minimum absolute atomic E-state index is 0.0727. The summed E-state index contributed by atoms with van der Waals surface area (Å²) in [5, 5.41) is 9.69. The molecular weight excluding hydrogens is 323 g/mol. The molecule has 0 aliphatic rings. The lowest BCUT2D eigenvalue weighted by Gasteiger charge is -2.14. The molecule has 0 radical (unpaired) electrons. The zero-order chi connectivity index (χ0) is 17.7. The molecule has 0 spiro atoms. The Bertz CT molecular complexity index is 716. The van der Waals surface area contributed by atoms with E-state index in [4.69, 9.17) is 0 Å². The fourth-order valence-electron chi connectivity index (χ4n) is 2.13. The van der Waals surface area contributed by atoms with Gasteiger partial charge in [0.1, 0.15) is 5.82 Å². The smallest absolute Gasteiger partial charge is 0.191 e. The van der Waals surface area contributed by atoms with Crippen LogP contribution in [0.1, 0.15) is 42.6 Å². The van der Waals surface area contributed by atoms with Gasteiger partial charge in [-0.1, -0.05) is 32.9 Å². The maximum atomic E-state index is 13.3. The second-order valence-corrected chi connectivity index (χ2v) is 7.61. The van der Waals surface area contributed by atoms with Crippen molar-refractivity contribution in [1.82, 2.24) is 15.6 Å². The van der Waals surface area contributed by atoms with Crippen molar-refractivity contribution in [2.75, 3.05) is 7.05 Å². The number of hydrogen-bond donors (Lipinski definition) is 2. The number of halogens is 1. The molecule has 130 valence electrons. The van der Waals surface area contributed by atoms with Gasteiger partial charge in [-0.25, -0.2) is 9.37 Å². The first-order chi connectivity index (χ1) is 11.3. The van der Waals surface area contributed by atoms with E-state index in [0.29, 0.717) is 24.6 Å². The monoisotopic (exact) mass is 348 g/mol. The first-order valence-corrected chi connectivity index (χ1v) is 8.82. The van der Waals surface area contributed by atoms with Gasteiger partial charge in [-0.15, -0.1) is 11.3 Å². The van der Waals surface area contributed by atoms with Crippen LogP contribution in [0, 0.1) is 12.7 Å². The van der Waals surface area contributed by atoms with E-state index in [1.807, 2.05) is 6.07 Å². The number of thiazole rings is 1. The van der Waals surface area contributed by atoms with Crippen LogP contribution in [0.25, 0.3) is 0 Å². The number of aryl methyl sites for hydroxylation is 1. The molecule has 1 aromatic carbocycles. The highest BCUT2D eigenvalue weighted by molar-refractivity contribution is 7.09. The van der Waals surface area contributed by atoms with Gasteiger partial charge >= 0.3 is 0 Å². The van der Waals surface area contributed by atoms with Gasteiger partial charge in [0.2, 0.25) is 0 Å². The van der Waals surface area contributed by atoms with E-state index in [0.717, 1.165) is 16.3 Å². The zero-order valence-corrected chi connectivity index (χ0v) is 15.7. The zero-order valence-electron chi connectivity index (χ0n) is 14.9. The van der Waals surface area contributed by atoms with Crippen LogP contribution in [-0.4, -0.2) is 18.0 Å². The topological polar surface area (TPSA) is 49.3 Å². The summed E-state index contributed by atoms with van der Waals surface area (Å²) in [6.07, 6.45) is 0. The lowest BCUT2D eigenvalue weighted by Crippen LogP contribution is -2.36. The summed E-state index contributed by atoms with van der Waals surface area (Å²) in [7, 11) is 1.73. The Morgan fingerprint density at radius 2 is 1.96 bits per heavy atom. The molecule has 24 heavy (non-hydrogen) atoms. The molecule has 2 rings (SSSR count). The normalized spacial score (nSPS) is 12.3. The third-order valence-electron chi connectivity index (χ3n) is 3.54. The molecule has 0 aliphatic carbocycles. The molecule has 0 amide bonds. The summed E-state index contributed by atoms with van der Waals surface area (Å²) in [4.78, 5) is 8.87. The molecule has 4 nitrogen and oxygen atoms in total. The summed E-state index contributed by atoms with van der Waals surface area (Å²) in [5.41, 5.74) is 2.74. The van der Waals surface area contributed by atoms with E-state index in [1.54, 1.807) is 31.4 Å².